The molecule has 28 heavy (non-hydrogen) atoms. The number of nitrogens with one attached hydrogen (secondary N) is 1. The summed E-state index contributed by atoms with van der Waals surface area (Å²) < 4.78 is 40.2. The maximum atomic E-state index is 13.1. The molecule has 0 aliphatic carbocycles. The van der Waals surface area contributed by atoms with E-state index in [0.717, 1.165) is 5.41 Å². The predicted octanol–water partition coefficient (Wildman–Crippen LogP) is 4.60. The Kier molecular flexibility index (Phi) is 5.56. The number of carboxylic acids is 1. The Hall–Kier alpha value is -3.45. The molecule has 0 spiro atoms. The summed E-state index contributed by atoms with van der Waals surface area (Å²) in [5.41, 5.74) is 1.59. The first-order chi connectivity index (χ1) is 13.3. The SMILES string of the molecule is O=C(O)c1ccc(-c2ccc(F)cc2)cc1NS(=O)(=O)C=Cc1ccccc1. The van der Waals surface area contributed by atoms with E-state index in [1.807, 2.05) is 6.07 Å². The molecule has 2 N–H and O–H groups in total. The molecule has 0 fully saturated rings. The second-order valence-corrected chi connectivity index (χ2v) is 7.50. The molecule has 0 saturated carbocycles. The van der Waals surface area contributed by atoms with Gasteiger partial charge in [-0.25, -0.2) is 17.6 Å². The van der Waals surface area contributed by atoms with Crippen molar-refractivity contribution in [3.8, 4) is 11.1 Å². The van der Waals surface area contributed by atoms with Crippen LogP contribution in [0.3, 0.4) is 0 Å². The lowest BCUT2D eigenvalue weighted by Gasteiger charge is -2.11. The largest absolute Gasteiger partial charge is 0.478 e. The van der Waals surface area contributed by atoms with Gasteiger partial charge in [-0.15, -0.1) is 0 Å². The van der Waals surface area contributed by atoms with E-state index in [1.54, 1.807) is 24.3 Å². The first-order valence-electron chi connectivity index (χ1n) is 8.23. The molecule has 0 radical (unpaired) electrons. The third-order valence-corrected chi connectivity index (χ3v) is 4.92. The maximum Gasteiger partial charge on any atom is 0.337 e. The zero-order valence-electron chi connectivity index (χ0n) is 14.5. The maximum absolute atomic E-state index is 13.1. The Labute approximate surface area is 161 Å². The molecule has 0 saturated heterocycles. The highest BCUT2D eigenvalue weighted by Crippen LogP contribution is 2.27. The molecule has 0 unspecified atom stereocenters. The number of carboxylic acid groups (broad SMARTS) is 1. The first kappa shape index (κ1) is 19.3. The van der Waals surface area contributed by atoms with E-state index >= 15 is 0 Å². The number of anilines is 1. The second kappa shape index (κ2) is 8.06. The van der Waals surface area contributed by atoms with Crippen molar-refractivity contribution in [1.82, 2.24) is 0 Å². The van der Waals surface area contributed by atoms with Gasteiger partial charge in [-0.1, -0.05) is 48.5 Å². The van der Waals surface area contributed by atoms with Crippen LogP contribution in [0.5, 0.6) is 0 Å². The molecule has 3 rings (SSSR count). The van der Waals surface area contributed by atoms with Crippen molar-refractivity contribution >= 4 is 27.8 Å². The molecular formula is C21H16FNO4S. The fraction of sp³-hybridized carbons (Fsp3) is 0. The number of rotatable bonds is 6. The molecular weight excluding hydrogens is 381 g/mol. The van der Waals surface area contributed by atoms with Gasteiger partial charge in [0.1, 0.15) is 5.82 Å². The fourth-order valence-corrected chi connectivity index (χ4v) is 3.44. The van der Waals surface area contributed by atoms with Gasteiger partial charge in [0.2, 0.25) is 0 Å². The Balaban J connectivity index is 1.94. The fourth-order valence-electron chi connectivity index (χ4n) is 2.56. The van der Waals surface area contributed by atoms with E-state index in [4.69, 9.17) is 0 Å². The van der Waals surface area contributed by atoms with Gasteiger partial charge in [0.05, 0.1) is 16.7 Å². The van der Waals surface area contributed by atoms with Crippen LogP contribution in [0.4, 0.5) is 10.1 Å². The number of hydrogen-bond donors (Lipinski definition) is 2. The molecule has 0 heterocycles. The van der Waals surface area contributed by atoms with Gasteiger partial charge >= 0.3 is 5.97 Å². The standard InChI is InChI=1S/C21H16FNO4S/c22-18-9-6-16(7-10-18)17-8-11-19(21(24)25)20(14-17)23-28(26,27)13-12-15-4-2-1-3-5-15/h1-14,23H,(H,24,25). The number of carbonyl (C=O) groups is 1. The highest BCUT2D eigenvalue weighted by molar-refractivity contribution is 7.95. The van der Waals surface area contributed by atoms with E-state index in [9.17, 15) is 22.7 Å². The monoisotopic (exact) mass is 397 g/mol. The first-order valence-corrected chi connectivity index (χ1v) is 9.78. The third kappa shape index (κ3) is 4.83. The Bertz CT molecular complexity index is 1120. The van der Waals surface area contributed by atoms with E-state index in [-0.39, 0.29) is 11.3 Å². The van der Waals surface area contributed by atoms with Gasteiger partial charge in [0.15, 0.2) is 0 Å². The highest BCUT2D eigenvalue weighted by atomic mass is 32.2. The van der Waals surface area contributed by atoms with Crippen molar-refractivity contribution in [3.63, 3.8) is 0 Å². The van der Waals surface area contributed by atoms with Crippen LogP contribution in [0.2, 0.25) is 0 Å². The van der Waals surface area contributed by atoms with Gasteiger partial charge < -0.3 is 5.11 Å². The van der Waals surface area contributed by atoms with Crippen molar-refractivity contribution in [2.45, 2.75) is 0 Å². The van der Waals surface area contributed by atoms with Crippen LogP contribution in [-0.4, -0.2) is 19.5 Å². The average molecular weight is 397 g/mol. The minimum Gasteiger partial charge on any atom is -0.478 e. The van der Waals surface area contributed by atoms with Gasteiger partial charge in [-0.2, -0.15) is 0 Å². The van der Waals surface area contributed by atoms with Crippen LogP contribution in [0.25, 0.3) is 17.2 Å². The molecule has 3 aromatic rings. The summed E-state index contributed by atoms with van der Waals surface area (Å²) in [6.45, 7) is 0. The van der Waals surface area contributed by atoms with Crippen LogP contribution < -0.4 is 4.72 Å². The molecule has 7 heteroatoms. The molecule has 5 nitrogen and oxygen atoms in total. The van der Waals surface area contributed by atoms with Crippen molar-refractivity contribution in [1.29, 1.82) is 0 Å². The number of sulfonamides is 1. The summed E-state index contributed by atoms with van der Waals surface area (Å²) in [5.74, 6) is -1.67. The average Bonchev–Trinajstić information content (AvgIpc) is 2.67. The highest BCUT2D eigenvalue weighted by Gasteiger charge is 2.16. The van der Waals surface area contributed by atoms with Gasteiger partial charge in [-0.05, 0) is 47.0 Å². The normalized spacial score (nSPS) is 11.5. The molecule has 0 atom stereocenters. The summed E-state index contributed by atoms with van der Waals surface area (Å²) in [5, 5.41) is 10.3. The summed E-state index contributed by atoms with van der Waals surface area (Å²) in [6, 6.07) is 18.7. The molecule has 0 aliphatic rings. The molecule has 0 amide bonds. The summed E-state index contributed by atoms with van der Waals surface area (Å²) in [4.78, 5) is 11.5. The zero-order valence-corrected chi connectivity index (χ0v) is 15.4. The van der Waals surface area contributed by atoms with Crippen LogP contribution >= 0.6 is 0 Å². The van der Waals surface area contributed by atoms with Gasteiger partial charge in [0, 0.05) is 0 Å². The number of benzene rings is 3. The Morgan fingerprint density at radius 1 is 0.929 bits per heavy atom. The number of halogens is 1. The van der Waals surface area contributed by atoms with E-state index in [0.29, 0.717) is 16.7 Å². The molecule has 0 aromatic heterocycles. The van der Waals surface area contributed by atoms with Gasteiger partial charge in [-0.3, -0.25) is 4.72 Å². The Morgan fingerprint density at radius 2 is 1.57 bits per heavy atom. The number of hydrogen-bond acceptors (Lipinski definition) is 3. The third-order valence-electron chi connectivity index (χ3n) is 3.92. The lowest BCUT2D eigenvalue weighted by atomic mass is 10.0. The van der Waals surface area contributed by atoms with E-state index in [2.05, 4.69) is 4.72 Å². The molecule has 0 bridgehead atoms. The minimum atomic E-state index is -3.95. The topological polar surface area (TPSA) is 83.5 Å². The van der Waals surface area contributed by atoms with Crippen LogP contribution in [0.15, 0.2) is 78.2 Å². The Morgan fingerprint density at radius 3 is 2.21 bits per heavy atom. The lowest BCUT2D eigenvalue weighted by Crippen LogP contribution is -2.12. The predicted molar refractivity (Wildman–Crippen MR) is 107 cm³/mol. The van der Waals surface area contributed by atoms with Gasteiger partial charge in [0.25, 0.3) is 10.0 Å². The molecule has 142 valence electrons. The second-order valence-electron chi connectivity index (χ2n) is 5.93. The van der Waals surface area contributed by atoms with Crippen LogP contribution in [0, 0.1) is 5.82 Å². The minimum absolute atomic E-state index is 0.0768. The van der Waals surface area contributed by atoms with Crippen molar-refractivity contribution < 1.29 is 22.7 Å². The molecule has 3 aromatic carbocycles. The lowest BCUT2D eigenvalue weighted by molar-refractivity contribution is 0.0698. The van der Waals surface area contributed by atoms with Crippen LogP contribution in [0.1, 0.15) is 15.9 Å². The zero-order chi connectivity index (χ0) is 20.1. The summed E-state index contributed by atoms with van der Waals surface area (Å²) in [7, 11) is -3.95. The smallest absolute Gasteiger partial charge is 0.337 e. The van der Waals surface area contributed by atoms with Crippen LogP contribution in [-0.2, 0) is 10.0 Å². The number of aromatic carboxylic acids is 1. The van der Waals surface area contributed by atoms with E-state index < -0.39 is 21.8 Å². The quantitative estimate of drug-likeness (QED) is 0.637. The summed E-state index contributed by atoms with van der Waals surface area (Å²) >= 11 is 0. The molecule has 0 aliphatic heterocycles. The van der Waals surface area contributed by atoms with E-state index in [1.165, 1.54) is 48.5 Å². The summed E-state index contributed by atoms with van der Waals surface area (Å²) in [6.07, 6.45) is 1.41. The van der Waals surface area contributed by atoms with Crippen molar-refractivity contribution in [3.05, 3.63) is 95.1 Å². The van der Waals surface area contributed by atoms with Crippen molar-refractivity contribution in [2.24, 2.45) is 0 Å². The van der Waals surface area contributed by atoms with Crippen molar-refractivity contribution in [2.75, 3.05) is 4.72 Å².